The van der Waals surface area contributed by atoms with E-state index >= 15 is 0 Å². The summed E-state index contributed by atoms with van der Waals surface area (Å²) >= 11 is 0. The van der Waals surface area contributed by atoms with Crippen LogP contribution in [0, 0.1) is 24.6 Å². The van der Waals surface area contributed by atoms with Crippen molar-refractivity contribution in [2.45, 2.75) is 13.8 Å². The van der Waals surface area contributed by atoms with Gasteiger partial charge in [0.2, 0.25) is 0 Å². The Morgan fingerprint density at radius 3 is 2.88 bits per heavy atom. The van der Waals surface area contributed by atoms with Crippen molar-refractivity contribution in [2.24, 2.45) is 0 Å². The Hall–Kier alpha value is -2.02. The first kappa shape index (κ1) is 12.1. The number of carbonyl (C=O) groups excluding carboxylic acids is 1. The number of hydrogen-bond donors (Lipinski definition) is 1. The van der Waals surface area contributed by atoms with E-state index < -0.39 is 11.8 Å². The van der Waals surface area contributed by atoms with Crippen molar-refractivity contribution in [2.75, 3.05) is 12.3 Å². The topological polar surface area (TPSA) is 52.3 Å². The van der Waals surface area contributed by atoms with E-state index in [4.69, 9.17) is 5.73 Å². The van der Waals surface area contributed by atoms with Crippen LogP contribution in [0.2, 0.25) is 0 Å². The molecule has 0 heterocycles. The molecule has 0 spiro atoms. The Morgan fingerprint density at radius 2 is 2.25 bits per heavy atom. The van der Waals surface area contributed by atoms with E-state index in [1.807, 2.05) is 0 Å². The molecule has 0 radical (unpaired) electrons. The number of nitrogens with two attached hydrogens (primary N) is 1. The third kappa shape index (κ3) is 2.99. The number of benzene rings is 1. The van der Waals surface area contributed by atoms with Crippen LogP contribution < -0.4 is 5.73 Å². The molecule has 0 aliphatic rings. The number of rotatable bonds is 1. The average Bonchev–Trinajstić information content (AvgIpc) is 2.21. The molecule has 16 heavy (non-hydrogen) atoms. The number of hydrogen-bond acceptors (Lipinski definition) is 3. The van der Waals surface area contributed by atoms with Gasteiger partial charge in [-0.15, -0.1) is 0 Å². The van der Waals surface area contributed by atoms with Crippen molar-refractivity contribution in [3.8, 4) is 11.8 Å². The molecule has 1 rings (SSSR count). The molecule has 84 valence electrons. The first-order chi connectivity index (χ1) is 7.54. The second-order valence-corrected chi connectivity index (χ2v) is 3.14. The van der Waals surface area contributed by atoms with Gasteiger partial charge in [-0.2, -0.15) is 0 Å². The zero-order valence-corrected chi connectivity index (χ0v) is 9.13. The van der Waals surface area contributed by atoms with Gasteiger partial charge in [-0.3, -0.25) is 0 Å². The second kappa shape index (κ2) is 5.17. The molecule has 0 aliphatic heterocycles. The molecule has 3 nitrogen and oxygen atoms in total. The molecule has 2 N–H and O–H groups in total. The van der Waals surface area contributed by atoms with Crippen molar-refractivity contribution in [3.05, 3.63) is 29.1 Å². The highest BCUT2D eigenvalue weighted by Crippen LogP contribution is 2.17. The van der Waals surface area contributed by atoms with Gasteiger partial charge in [-0.25, -0.2) is 9.18 Å². The lowest BCUT2D eigenvalue weighted by molar-refractivity contribution is -0.136. The minimum atomic E-state index is -0.635. The zero-order valence-electron chi connectivity index (χ0n) is 9.13. The van der Waals surface area contributed by atoms with Crippen molar-refractivity contribution in [3.63, 3.8) is 0 Å². The van der Waals surface area contributed by atoms with Crippen LogP contribution in [-0.2, 0) is 9.53 Å². The molecular weight excluding hydrogens is 209 g/mol. The van der Waals surface area contributed by atoms with Gasteiger partial charge < -0.3 is 10.5 Å². The molecule has 0 saturated carbocycles. The van der Waals surface area contributed by atoms with Crippen LogP contribution in [-0.4, -0.2) is 12.6 Å². The summed E-state index contributed by atoms with van der Waals surface area (Å²) in [5, 5.41) is 0. The molecule has 0 amide bonds. The Morgan fingerprint density at radius 1 is 1.56 bits per heavy atom. The van der Waals surface area contributed by atoms with E-state index in [0.717, 1.165) is 0 Å². The average molecular weight is 221 g/mol. The van der Waals surface area contributed by atoms with Crippen LogP contribution >= 0.6 is 0 Å². The lowest BCUT2D eigenvalue weighted by Gasteiger charge is -2.02. The summed E-state index contributed by atoms with van der Waals surface area (Å²) in [6.07, 6.45) is 0. The van der Waals surface area contributed by atoms with E-state index in [0.29, 0.717) is 16.8 Å². The van der Waals surface area contributed by atoms with Crippen LogP contribution in [0.1, 0.15) is 18.1 Å². The van der Waals surface area contributed by atoms with Crippen molar-refractivity contribution >= 4 is 11.7 Å². The fourth-order valence-corrected chi connectivity index (χ4v) is 1.12. The standard InChI is InChI=1S/C12H12FNO2/c1-3-16-12(15)5-4-9-6-10(13)7-11(14)8(9)2/h6-7H,3,14H2,1-2H3. The van der Waals surface area contributed by atoms with Crippen LogP contribution in [0.25, 0.3) is 0 Å². The fraction of sp³-hybridized carbons (Fsp3) is 0.250. The largest absolute Gasteiger partial charge is 0.456 e. The lowest BCUT2D eigenvalue weighted by Crippen LogP contribution is -2.00. The predicted molar refractivity (Wildman–Crippen MR) is 59.1 cm³/mol. The summed E-state index contributed by atoms with van der Waals surface area (Å²) < 4.78 is 17.6. The molecule has 1 aromatic rings. The fourth-order valence-electron chi connectivity index (χ4n) is 1.12. The van der Waals surface area contributed by atoms with E-state index in [-0.39, 0.29) is 6.61 Å². The minimum Gasteiger partial charge on any atom is -0.456 e. The van der Waals surface area contributed by atoms with Gasteiger partial charge in [0.15, 0.2) is 0 Å². The van der Waals surface area contributed by atoms with Crippen LogP contribution in [0.15, 0.2) is 12.1 Å². The molecule has 0 bridgehead atoms. The minimum absolute atomic E-state index is 0.262. The molecule has 0 saturated heterocycles. The Labute approximate surface area is 93.4 Å². The summed E-state index contributed by atoms with van der Waals surface area (Å²) in [6.45, 7) is 3.66. The first-order valence-electron chi connectivity index (χ1n) is 4.79. The van der Waals surface area contributed by atoms with Gasteiger partial charge in [-0.1, -0.05) is 5.92 Å². The summed E-state index contributed by atoms with van der Waals surface area (Å²) in [5.74, 6) is 3.69. The third-order valence-corrected chi connectivity index (χ3v) is 1.99. The normalized spacial score (nSPS) is 9.19. The molecule has 4 heteroatoms. The Kier molecular flexibility index (Phi) is 3.90. The number of esters is 1. The summed E-state index contributed by atoms with van der Waals surface area (Å²) in [4.78, 5) is 11.0. The quantitative estimate of drug-likeness (QED) is 0.445. The lowest BCUT2D eigenvalue weighted by atomic mass is 10.1. The molecule has 0 unspecified atom stereocenters. The molecular formula is C12H12FNO2. The van der Waals surface area contributed by atoms with Gasteiger partial charge in [0, 0.05) is 17.2 Å². The maximum absolute atomic E-state index is 13.0. The monoisotopic (exact) mass is 221 g/mol. The van der Waals surface area contributed by atoms with E-state index in [1.165, 1.54) is 12.1 Å². The number of halogens is 1. The molecule has 0 aromatic heterocycles. The van der Waals surface area contributed by atoms with Crippen LogP contribution in [0.5, 0.6) is 0 Å². The maximum atomic E-state index is 13.0. The number of nitrogen functional groups attached to an aromatic ring is 1. The maximum Gasteiger partial charge on any atom is 0.384 e. The number of carbonyl (C=O) groups is 1. The predicted octanol–water partition coefficient (Wildman–Crippen LogP) is 1.63. The smallest absolute Gasteiger partial charge is 0.384 e. The van der Waals surface area contributed by atoms with Crippen LogP contribution in [0.3, 0.4) is 0 Å². The summed E-state index contributed by atoms with van der Waals surface area (Å²) in [5.41, 5.74) is 6.92. The van der Waals surface area contributed by atoms with Gasteiger partial charge >= 0.3 is 5.97 Å². The SMILES string of the molecule is CCOC(=O)C#Cc1cc(F)cc(N)c1C. The van der Waals surface area contributed by atoms with E-state index in [1.54, 1.807) is 13.8 Å². The molecule has 0 fully saturated rings. The van der Waals surface area contributed by atoms with Crippen molar-refractivity contribution in [1.82, 2.24) is 0 Å². The third-order valence-electron chi connectivity index (χ3n) is 1.99. The second-order valence-electron chi connectivity index (χ2n) is 3.14. The number of ether oxygens (including phenoxy) is 1. The van der Waals surface area contributed by atoms with Gasteiger partial charge in [-0.05, 0) is 31.5 Å². The molecule has 0 aliphatic carbocycles. The van der Waals surface area contributed by atoms with E-state index in [2.05, 4.69) is 16.6 Å². The van der Waals surface area contributed by atoms with Crippen molar-refractivity contribution < 1.29 is 13.9 Å². The highest BCUT2D eigenvalue weighted by Gasteiger charge is 2.03. The van der Waals surface area contributed by atoms with Gasteiger partial charge in [0.25, 0.3) is 0 Å². The molecule has 0 atom stereocenters. The Balaban J connectivity index is 3.01. The Bertz CT molecular complexity index is 472. The van der Waals surface area contributed by atoms with E-state index in [9.17, 15) is 9.18 Å². The summed E-state index contributed by atoms with van der Waals surface area (Å²) in [6, 6.07) is 2.45. The molecule has 1 aromatic carbocycles. The highest BCUT2D eigenvalue weighted by molar-refractivity contribution is 5.89. The van der Waals surface area contributed by atoms with Gasteiger partial charge in [0.05, 0.1) is 6.61 Å². The van der Waals surface area contributed by atoms with Crippen LogP contribution in [0.4, 0.5) is 10.1 Å². The summed E-state index contributed by atoms with van der Waals surface area (Å²) in [7, 11) is 0. The van der Waals surface area contributed by atoms with Gasteiger partial charge in [0.1, 0.15) is 5.82 Å². The zero-order chi connectivity index (χ0) is 12.1. The number of anilines is 1. The first-order valence-corrected chi connectivity index (χ1v) is 4.79. The highest BCUT2D eigenvalue weighted by atomic mass is 19.1. The van der Waals surface area contributed by atoms with Crippen molar-refractivity contribution in [1.29, 1.82) is 0 Å².